The molecule has 0 aliphatic rings. The molecule has 0 aliphatic carbocycles. The molecule has 0 amide bonds. The molecule has 3 aromatic rings. The summed E-state index contributed by atoms with van der Waals surface area (Å²) in [5.74, 6) is 0.432. The highest BCUT2D eigenvalue weighted by Gasteiger charge is 2.04. The number of anilines is 2. The van der Waals surface area contributed by atoms with Crippen molar-refractivity contribution >= 4 is 22.4 Å². The van der Waals surface area contributed by atoms with Crippen LogP contribution in [0.15, 0.2) is 48.8 Å². The maximum atomic E-state index is 8.99. The lowest BCUT2D eigenvalue weighted by Crippen LogP contribution is -1.98. The summed E-state index contributed by atoms with van der Waals surface area (Å²) in [5.41, 5.74) is 2.14. The zero-order valence-electron chi connectivity index (χ0n) is 9.91. The molecule has 0 radical (unpaired) electrons. The van der Waals surface area contributed by atoms with Gasteiger partial charge in [-0.15, -0.1) is 5.10 Å². The van der Waals surface area contributed by atoms with E-state index in [4.69, 9.17) is 5.26 Å². The molecule has 3 rings (SSSR count). The molecule has 1 N–H and O–H groups in total. The lowest BCUT2D eigenvalue weighted by molar-refractivity contribution is 1.03. The number of pyridine rings is 1. The minimum absolute atomic E-state index is 0.432. The van der Waals surface area contributed by atoms with Gasteiger partial charge in [-0.1, -0.05) is 18.2 Å². The lowest BCUT2D eigenvalue weighted by Gasteiger charge is -2.06. The molecule has 0 saturated carbocycles. The molecule has 2 aromatic heterocycles. The minimum atomic E-state index is 0.432. The Labute approximate surface area is 109 Å². The second-order valence-corrected chi connectivity index (χ2v) is 3.95. The van der Waals surface area contributed by atoms with Gasteiger partial charge in [0.05, 0.1) is 29.2 Å². The Kier molecular flexibility index (Phi) is 2.75. The molecule has 19 heavy (non-hydrogen) atoms. The number of fused-ring (bicyclic) bond motifs is 1. The summed E-state index contributed by atoms with van der Waals surface area (Å²) >= 11 is 0. The summed E-state index contributed by atoms with van der Waals surface area (Å²) in [4.78, 5) is 4.34. The molecule has 0 aliphatic heterocycles. The smallest absolute Gasteiger partial charge is 0.171 e. The fourth-order valence-corrected chi connectivity index (χ4v) is 1.79. The Morgan fingerprint density at radius 3 is 2.95 bits per heavy atom. The van der Waals surface area contributed by atoms with Gasteiger partial charge in [0, 0.05) is 5.39 Å². The van der Waals surface area contributed by atoms with Gasteiger partial charge in [-0.25, -0.2) is 0 Å². The summed E-state index contributed by atoms with van der Waals surface area (Å²) < 4.78 is 0. The van der Waals surface area contributed by atoms with Crippen LogP contribution in [-0.4, -0.2) is 15.2 Å². The number of benzene rings is 1. The molecule has 0 saturated heterocycles. The SMILES string of the molecule is N#Cc1ccnnc1Nc1cnc2ccccc2c1. The highest BCUT2D eigenvalue weighted by molar-refractivity contribution is 5.82. The average molecular weight is 247 g/mol. The largest absolute Gasteiger partial charge is 0.336 e. The first-order valence-corrected chi connectivity index (χ1v) is 5.70. The van der Waals surface area contributed by atoms with E-state index in [2.05, 4.69) is 26.6 Å². The second kappa shape index (κ2) is 4.70. The van der Waals surface area contributed by atoms with Gasteiger partial charge in [-0.05, 0) is 18.2 Å². The predicted octanol–water partition coefficient (Wildman–Crippen LogP) is 2.64. The summed E-state index contributed by atoms with van der Waals surface area (Å²) in [6.07, 6.45) is 3.19. The Hall–Kier alpha value is -3.00. The highest BCUT2D eigenvalue weighted by atomic mass is 15.2. The first-order valence-electron chi connectivity index (χ1n) is 5.70. The predicted molar refractivity (Wildman–Crippen MR) is 71.8 cm³/mol. The van der Waals surface area contributed by atoms with Crippen LogP contribution < -0.4 is 5.32 Å². The van der Waals surface area contributed by atoms with Gasteiger partial charge in [-0.2, -0.15) is 10.4 Å². The van der Waals surface area contributed by atoms with E-state index in [1.54, 1.807) is 12.3 Å². The van der Waals surface area contributed by atoms with E-state index in [0.717, 1.165) is 16.6 Å². The van der Waals surface area contributed by atoms with Crippen LogP contribution in [0.4, 0.5) is 11.5 Å². The Balaban J connectivity index is 1.99. The van der Waals surface area contributed by atoms with Gasteiger partial charge in [0.15, 0.2) is 5.82 Å². The first kappa shape index (κ1) is 11.1. The lowest BCUT2D eigenvalue weighted by atomic mass is 10.2. The average Bonchev–Trinajstić information content (AvgIpc) is 2.48. The maximum absolute atomic E-state index is 8.99. The molecule has 0 atom stereocenters. The molecule has 5 heteroatoms. The molecule has 0 fully saturated rings. The molecule has 2 heterocycles. The Bertz CT molecular complexity index is 776. The van der Waals surface area contributed by atoms with Crippen molar-refractivity contribution in [3.8, 4) is 6.07 Å². The quantitative estimate of drug-likeness (QED) is 0.753. The van der Waals surface area contributed by atoms with E-state index < -0.39 is 0 Å². The third kappa shape index (κ3) is 2.19. The fraction of sp³-hybridized carbons (Fsp3) is 0. The van der Waals surface area contributed by atoms with E-state index in [0.29, 0.717) is 11.4 Å². The van der Waals surface area contributed by atoms with Crippen LogP contribution in [0.1, 0.15) is 5.56 Å². The molecule has 90 valence electrons. The summed E-state index contributed by atoms with van der Waals surface area (Å²) in [7, 11) is 0. The van der Waals surface area contributed by atoms with Gasteiger partial charge in [0.1, 0.15) is 6.07 Å². The first-order chi connectivity index (χ1) is 9.36. The van der Waals surface area contributed by atoms with Crippen LogP contribution >= 0.6 is 0 Å². The van der Waals surface area contributed by atoms with Crippen LogP contribution in [0.5, 0.6) is 0 Å². The normalized spacial score (nSPS) is 10.1. The van der Waals surface area contributed by atoms with Gasteiger partial charge in [-0.3, -0.25) is 4.98 Å². The van der Waals surface area contributed by atoms with Gasteiger partial charge in [0.2, 0.25) is 0 Å². The molecular weight excluding hydrogens is 238 g/mol. The molecule has 5 nitrogen and oxygen atoms in total. The van der Waals surface area contributed by atoms with Crippen molar-refractivity contribution in [3.05, 3.63) is 54.4 Å². The minimum Gasteiger partial charge on any atom is -0.336 e. The van der Waals surface area contributed by atoms with Crippen molar-refractivity contribution in [3.63, 3.8) is 0 Å². The van der Waals surface area contributed by atoms with E-state index in [1.165, 1.54) is 6.20 Å². The van der Waals surface area contributed by atoms with Crippen LogP contribution in [0, 0.1) is 11.3 Å². The van der Waals surface area contributed by atoms with Crippen molar-refractivity contribution in [1.29, 1.82) is 5.26 Å². The van der Waals surface area contributed by atoms with E-state index in [-0.39, 0.29) is 0 Å². The molecule has 0 unspecified atom stereocenters. The third-order valence-corrected chi connectivity index (χ3v) is 2.69. The standard InChI is InChI=1S/C14H9N5/c15-8-11-5-6-17-19-14(11)18-12-7-10-3-1-2-4-13(10)16-9-12/h1-7,9H,(H,18,19). The molecule has 0 bridgehead atoms. The van der Waals surface area contributed by atoms with Gasteiger partial charge < -0.3 is 5.32 Å². The Morgan fingerprint density at radius 1 is 1.16 bits per heavy atom. The zero-order chi connectivity index (χ0) is 13.1. The van der Waals surface area contributed by atoms with Crippen molar-refractivity contribution in [2.75, 3.05) is 5.32 Å². The summed E-state index contributed by atoms with van der Waals surface area (Å²) in [6, 6.07) is 13.5. The van der Waals surface area contributed by atoms with Crippen LogP contribution in [-0.2, 0) is 0 Å². The van der Waals surface area contributed by atoms with Crippen molar-refractivity contribution in [2.24, 2.45) is 0 Å². The van der Waals surface area contributed by atoms with Crippen LogP contribution in [0.2, 0.25) is 0 Å². The topological polar surface area (TPSA) is 74.5 Å². The number of nitrogens with one attached hydrogen (secondary N) is 1. The van der Waals surface area contributed by atoms with Crippen molar-refractivity contribution in [2.45, 2.75) is 0 Å². The summed E-state index contributed by atoms with van der Waals surface area (Å²) in [6.45, 7) is 0. The number of hydrogen-bond acceptors (Lipinski definition) is 5. The van der Waals surface area contributed by atoms with Crippen molar-refractivity contribution < 1.29 is 0 Å². The Morgan fingerprint density at radius 2 is 2.05 bits per heavy atom. The monoisotopic (exact) mass is 247 g/mol. The molecule has 0 spiro atoms. The molecular formula is C14H9N5. The number of rotatable bonds is 2. The number of para-hydroxylation sites is 1. The van der Waals surface area contributed by atoms with E-state index in [9.17, 15) is 0 Å². The number of aromatic nitrogens is 3. The second-order valence-electron chi connectivity index (χ2n) is 3.95. The van der Waals surface area contributed by atoms with Crippen molar-refractivity contribution in [1.82, 2.24) is 15.2 Å². The number of hydrogen-bond donors (Lipinski definition) is 1. The van der Waals surface area contributed by atoms with E-state index >= 15 is 0 Å². The van der Waals surface area contributed by atoms with Gasteiger partial charge >= 0.3 is 0 Å². The molecule has 1 aromatic carbocycles. The fourth-order valence-electron chi connectivity index (χ4n) is 1.79. The zero-order valence-corrected chi connectivity index (χ0v) is 9.91. The van der Waals surface area contributed by atoms with Gasteiger partial charge in [0.25, 0.3) is 0 Å². The summed E-state index contributed by atoms with van der Waals surface area (Å²) in [5, 5.41) is 20.8. The maximum Gasteiger partial charge on any atom is 0.171 e. The highest BCUT2D eigenvalue weighted by Crippen LogP contribution is 2.20. The number of nitrogens with zero attached hydrogens (tertiary/aromatic N) is 4. The third-order valence-electron chi connectivity index (χ3n) is 2.69. The van der Waals surface area contributed by atoms with Crippen LogP contribution in [0.25, 0.3) is 10.9 Å². The van der Waals surface area contributed by atoms with Crippen LogP contribution in [0.3, 0.4) is 0 Å². The number of nitriles is 1. The van der Waals surface area contributed by atoms with E-state index in [1.807, 2.05) is 30.3 Å².